The van der Waals surface area contributed by atoms with E-state index < -0.39 is 0 Å². The monoisotopic (exact) mass is 429 g/mol. The molecule has 2 aliphatic rings. The van der Waals surface area contributed by atoms with Crippen LogP contribution in [0.4, 0.5) is 10.1 Å². The van der Waals surface area contributed by atoms with Crippen LogP contribution < -0.4 is 4.90 Å². The predicted octanol–water partition coefficient (Wildman–Crippen LogP) is 3.68. The van der Waals surface area contributed by atoms with E-state index >= 15 is 0 Å². The molecule has 0 radical (unpaired) electrons. The average Bonchev–Trinajstić information content (AvgIpc) is 2.79. The molecule has 2 aromatic carbocycles. The third kappa shape index (κ3) is 4.59. The number of carbonyl (C=O) groups excluding carboxylic acids is 2. The normalized spacial score (nSPS) is 19.7. The van der Waals surface area contributed by atoms with E-state index in [1.807, 2.05) is 4.90 Å². The number of hydrogen-bond acceptors (Lipinski definition) is 3. The van der Waals surface area contributed by atoms with E-state index in [2.05, 4.69) is 4.90 Å². The first-order valence-electron chi connectivity index (χ1n) is 10.4. The molecule has 2 heterocycles. The van der Waals surface area contributed by atoms with E-state index in [0.29, 0.717) is 36.8 Å². The Morgan fingerprint density at radius 2 is 1.53 bits per heavy atom. The smallest absolute Gasteiger partial charge is 0.253 e. The van der Waals surface area contributed by atoms with Crippen molar-refractivity contribution >= 4 is 29.1 Å². The second-order valence-corrected chi connectivity index (χ2v) is 8.32. The van der Waals surface area contributed by atoms with Crippen LogP contribution in [-0.4, -0.2) is 60.9 Å². The fraction of sp³-hybridized carbons (Fsp3) is 0.391. The van der Waals surface area contributed by atoms with Crippen LogP contribution in [-0.2, 0) is 4.79 Å². The number of amides is 2. The molecule has 0 aliphatic carbocycles. The second kappa shape index (κ2) is 9.04. The molecule has 2 aliphatic heterocycles. The lowest BCUT2D eigenvalue weighted by molar-refractivity contribution is -0.137. The molecule has 2 fully saturated rings. The maximum absolute atomic E-state index is 13.1. The molecule has 4 rings (SSSR count). The Bertz CT molecular complexity index is 896. The zero-order valence-corrected chi connectivity index (χ0v) is 17.5. The largest absolute Gasteiger partial charge is 0.368 e. The molecular formula is C23H25ClFN3O2. The minimum absolute atomic E-state index is 0.0507. The maximum Gasteiger partial charge on any atom is 0.253 e. The van der Waals surface area contributed by atoms with E-state index in [1.165, 1.54) is 12.1 Å². The van der Waals surface area contributed by atoms with Gasteiger partial charge in [-0.25, -0.2) is 4.39 Å². The number of likely N-dealkylation sites (tertiary alicyclic amines) is 1. The number of carbonyl (C=O) groups is 2. The summed E-state index contributed by atoms with van der Waals surface area (Å²) in [5.74, 6) is -0.331. The molecule has 0 saturated carbocycles. The Kier molecular flexibility index (Phi) is 6.23. The van der Waals surface area contributed by atoms with Gasteiger partial charge in [0.1, 0.15) is 5.82 Å². The van der Waals surface area contributed by atoms with Crippen molar-refractivity contribution in [2.45, 2.75) is 12.8 Å². The number of anilines is 1. The molecule has 7 heteroatoms. The van der Waals surface area contributed by atoms with Crippen LogP contribution >= 0.6 is 11.6 Å². The summed E-state index contributed by atoms with van der Waals surface area (Å²) in [6, 6.07) is 13.3. The fourth-order valence-electron chi connectivity index (χ4n) is 4.23. The molecule has 0 bridgehead atoms. The van der Waals surface area contributed by atoms with Crippen molar-refractivity contribution in [3.63, 3.8) is 0 Å². The molecule has 2 saturated heterocycles. The number of benzene rings is 2. The number of halogens is 2. The number of rotatable bonds is 3. The van der Waals surface area contributed by atoms with Crippen LogP contribution in [0.3, 0.4) is 0 Å². The summed E-state index contributed by atoms with van der Waals surface area (Å²) in [4.78, 5) is 31.7. The van der Waals surface area contributed by atoms with Gasteiger partial charge in [0, 0.05) is 55.5 Å². The van der Waals surface area contributed by atoms with Crippen LogP contribution in [0.25, 0.3) is 0 Å². The van der Waals surface area contributed by atoms with Crippen molar-refractivity contribution in [3.8, 4) is 0 Å². The topological polar surface area (TPSA) is 43.9 Å². The molecular weight excluding hydrogens is 405 g/mol. The third-order valence-corrected chi connectivity index (χ3v) is 6.18. The number of hydrogen-bond donors (Lipinski definition) is 0. The van der Waals surface area contributed by atoms with Gasteiger partial charge in [0.05, 0.1) is 5.92 Å². The minimum Gasteiger partial charge on any atom is -0.368 e. The molecule has 0 N–H and O–H groups in total. The highest BCUT2D eigenvalue weighted by Gasteiger charge is 2.33. The third-order valence-electron chi connectivity index (χ3n) is 5.93. The standard InChI is InChI=1S/C23H25ClFN3O2/c24-19-5-3-17(4-6-19)22(29)28-11-1-2-18(16-28)23(30)27-14-12-26(13-15-27)21-9-7-20(25)8-10-21/h3-10,18H,1-2,11-16H2. The highest BCUT2D eigenvalue weighted by atomic mass is 35.5. The van der Waals surface area contributed by atoms with Gasteiger partial charge in [-0.2, -0.15) is 0 Å². The zero-order chi connectivity index (χ0) is 21.1. The quantitative estimate of drug-likeness (QED) is 0.747. The van der Waals surface area contributed by atoms with Gasteiger partial charge in [-0.05, 0) is 61.4 Å². The number of nitrogens with zero attached hydrogens (tertiary/aromatic N) is 3. The van der Waals surface area contributed by atoms with Gasteiger partial charge in [0.25, 0.3) is 5.91 Å². The van der Waals surface area contributed by atoms with Crippen LogP contribution in [0.5, 0.6) is 0 Å². The van der Waals surface area contributed by atoms with E-state index in [0.717, 1.165) is 31.6 Å². The van der Waals surface area contributed by atoms with Crippen molar-refractivity contribution in [1.29, 1.82) is 0 Å². The summed E-state index contributed by atoms with van der Waals surface area (Å²) in [5.41, 5.74) is 1.57. The van der Waals surface area contributed by atoms with Gasteiger partial charge in [0.15, 0.2) is 0 Å². The fourth-order valence-corrected chi connectivity index (χ4v) is 4.36. The Hall–Kier alpha value is -2.60. The Morgan fingerprint density at radius 1 is 0.867 bits per heavy atom. The van der Waals surface area contributed by atoms with Crippen molar-refractivity contribution in [2.24, 2.45) is 5.92 Å². The second-order valence-electron chi connectivity index (χ2n) is 7.89. The lowest BCUT2D eigenvalue weighted by Gasteiger charge is -2.39. The van der Waals surface area contributed by atoms with Gasteiger partial charge in [-0.1, -0.05) is 11.6 Å². The average molecular weight is 430 g/mol. The number of piperidine rings is 1. The molecule has 158 valence electrons. The van der Waals surface area contributed by atoms with Crippen molar-refractivity contribution in [1.82, 2.24) is 9.80 Å². The molecule has 2 amide bonds. The lowest BCUT2D eigenvalue weighted by Crippen LogP contribution is -2.53. The highest BCUT2D eigenvalue weighted by Crippen LogP contribution is 2.23. The van der Waals surface area contributed by atoms with Gasteiger partial charge < -0.3 is 14.7 Å². The van der Waals surface area contributed by atoms with E-state index in [-0.39, 0.29) is 23.5 Å². The Balaban J connectivity index is 1.34. The molecule has 1 atom stereocenters. The molecule has 30 heavy (non-hydrogen) atoms. The lowest BCUT2D eigenvalue weighted by atomic mass is 9.95. The van der Waals surface area contributed by atoms with E-state index in [1.54, 1.807) is 41.3 Å². The first-order chi connectivity index (χ1) is 14.5. The van der Waals surface area contributed by atoms with Gasteiger partial charge >= 0.3 is 0 Å². The van der Waals surface area contributed by atoms with Crippen LogP contribution in [0.15, 0.2) is 48.5 Å². The van der Waals surface area contributed by atoms with Gasteiger partial charge in [-0.15, -0.1) is 0 Å². The van der Waals surface area contributed by atoms with Gasteiger partial charge in [0.2, 0.25) is 5.91 Å². The Labute approximate surface area is 181 Å². The first kappa shape index (κ1) is 20.7. The van der Waals surface area contributed by atoms with Crippen LogP contribution in [0.2, 0.25) is 5.02 Å². The van der Waals surface area contributed by atoms with Gasteiger partial charge in [-0.3, -0.25) is 9.59 Å². The molecule has 0 spiro atoms. The minimum atomic E-state index is -0.248. The van der Waals surface area contributed by atoms with Crippen molar-refractivity contribution < 1.29 is 14.0 Å². The maximum atomic E-state index is 13.1. The van der Waals surface area contributed by atoms with E-state index in [9.17, 15) is 14.0 Å². The molecule has 2 aromatic rings. The number of piperazine rings is 1. The van der Waals surface area contributed by atoms with Crippen molar-refractivity contribution in [2.75, 3.05) is 44.2 Å². The summed E-state index contributed by atoms with van der Waals surface area (Å²) >= 11 is 5.91. The zero-order valence-electron chi connectivity index (χ0n) is 16.8. The van der Waals surface area contributed by atoms with E-state index in [4.69, 9.17) is 11.6 Å². The molecule has 0 aromatic heterocycles. The predicted molar refractivity (Wildman–Crippen MR) is 115 cm³/mol. The summed E-state index contributed by atoms with van der Waals surface area (Å²) in [7, 11) is 0. The molecule has 1 unspecified atom stereocenters. The van der Waals surface area contributed by atoms with Crippen LogP contribution in [0.1, 0.15) is 23.2 Å². The van der Waals surface area contributed by atoms with Crippen LogP contribution in [0, 0.1) is 11.7 Å². The summed E-state index contributed by atoms with van der Waals surface area (Å²) in [6.45, 7) is 3.84. The highest BCUT2D eigenvalue weighted by molar-refractivity contribution is 6.30. The van der Waals surface area contributed by atoms with Crippen molar-refractivity contribution in [3.05, 3.63) is 64.9 Å². The summed E-state index contributed by atoms with van der Waals surface area (Å²) < 4.78 is 13.1. The SMILES string of the molecule is O=C(c1ccc(Cl)cc1)N1CCCC(C(=O)N2CCN(c3ccc(F)cc3)CC2)C1. The summed E-state index contributed by atoms with van der Waals surface area (Å²) in [6.07, 6.45) is 1.63. The first-order valence-corrected chi connectivity index (χ1v) is 10.7. The summed E-state index contributed by atoms with van der Waals surface area (Å²) in [5, 5.41) is 0.595. The Morgan fingerprint density at radius 3 is 2.20 bits per heavy atom. The molecule has 5 nitrogen and oxygen atoms in total.